The number of pyridine rings is 1. The van der Waals surface area contributed by atoms with E-state index in [1.165, 1.54) is 6.33 Å². The lowest BCUT2D eigenvalue weighted by molar-refractivity contribution is 0.0943. The number of hydrogen-bond donors (Lipinski definition) is 2. The molecule has 0 saturated heterocycles. The highest BCUT2D eigenvalue weighted by molar-refractivity contribution is 5.94. The minimum Gasteiger partial charge on any atom is -0.467 e. The largest absolute Gasteiger partial charge is 0.467 e. The first kappa shape index (κ1) is 15.8. The zero-order valence-corrected chi connectivity index (χ0v) is 13.7. The van der Waals surface area contributed by atoms with Crippen LogP contribution in [0.3, 0.4) is 0 Å². The van der Waals surface area contributed by atoms with Crippen LogP contribution in [0.5, 0.6) is 0 Å². The number of hydrogen-bond acceptors (Lipinski definition) is 6. The summed E-state index contributed by atoms with van der Waals surface area (Å²) in [4.78, 5) is 24.9. The van der Waals surface area contributed by atoms with E-state index in [9.17, 15) is 4.79 Å². The van der Waals surface area contributed by atoms with Crippen LogP contribution < -0.4 is 10.6 Å². The molecule has 3 heterocycles. The number of carbonyl (C=O) groups excluding carboxylic acids is 1. The van der Waals surface area contributed by atoms with Gasteiger partial charge in [0.05, 0.1) is 24.0 Å². The van der Waals surface area contributed by atoms with Crippen LogP contribution in [0.25, 0.3) is 10.9 Å². The first-order valence-corrected chi connectivity index (χ1v) is 8.03. The fraction of sp³-hybridized carbons (Fsp3) is 0.0526. The molecule has 7 nitrogen and oxygen atoms in total. The van der Waals surface area contributed by atoms with Crippen LogP contribution in [0.15, 0.2) is 71.7 Å². The molecule has 0 saturated carbocycles. The molecule has 0 fully saturated rings. The highest BCUT2D eigenvalue weighted by atomic mass is 16.3. The van der Waals surface area contributed by atoms with Crippen molar-refractivity contribution in [1.29, 1.82) is 0 Å². The third kappa shape index (κ3) is 3.36. The van der Waals surface area contributed by atoms with E-state index in [-0.39, 0.29) is 11.6 Å². The van der Waals surface area contributed by atoms with Crippen LogP contribution in [0.1, 0.15) is 16.2 Å². The average Bonchev–Trinajstić information content (AvgIpc) is 3.20. The molecular weight excluding hydrogens is 330 g/mol. The molecule has 4 rings (SSSR count). The van der Waals surface area contributed by atoms with Gasteiger partial charge in [-0.05, 0) is 24.3 Å². The van der Waals surface area contributed by atoms with Gasteiger partial charge in [0, 0.05) is 17.6 Å². The lowest BCUT2D eigenvalue weighted by Gasteiger charge is -2.09. The van der Waals surface area contributed by atoms with E-state index >= 15 is 0 Å². The summed E-state index contributed by atoms with van der Waals surface area (Å²) in [6, 6.07) is 14.9. The molecular formula is C19H15N5O2. The van der Waals surface area contributed by atoms with Gasteiger partial charge in [0.15, 0.2) is 0 Å². The van der Waals surface area contributed by atoms with E-state index in [2.05, 4.69) is 25.6 Å². The van der Waals surface area contributed by atoms with Crippen LogP contribution in [0.4, 0.5) is 11.5 Å². The molecule has 2 N–H and O–H groups in total. The second-order valence-electron chi connectivity index (χ2n) is 5.56. The summed E-state index contributed by atoms with van der Waals surface area (Å²) in [5, 5.41) is 6.98. The molecule has 0 aliphatic carbocycles. The number of benzene rings is 1. The number of rotatable bonds is 5. The minimum atomic E-state index is -0.303. The van der Waals surface area contributed by atoms with Gasteiger partial charge in [0.1, 0.15) is 23.6 Å². The number of fused-ring (bicyclic) bond motifs is 1. The third-order valence-electron chi connectivity index (χ3n) is 3.80. The molecule has 0 aliphatic heterocycles. The van der Waals surface area contributed by atoms with Gasteiger partial charge in [0.2, 0.25) is 0 Å². The van der Waals surface area contributed by atoms with Crippen molar-refractivity contribution in [2.75, 3.05) is 5.32 Å². The number of aromatic nitrogens is 3. The molecule has 26 heavy (non-hydrogen) atoms. The summed E-state index contributed by atoms with van der Waals surface area (Å²) < 4.78 is 5.20. The maximum Gasteiger partial charge on any atom is 0.270 e. The number of nitrogens with zero attached hydrogens (tertiary/aromatic N) is 3. The van der Waals surface area contributed by atoms with Gasteiger partial charge >= 0.3 is 0 Å². The van der Waals surface area contributed by atoms with Crippen molar-refractivity contribution < 1.29 is 9.21 Å². The Morgan fingerprint density at radius 2 is 1.96 bits per heavy atom. The Bertz CT molecular complexity index is 1040. The van der Waals surface area contributed by atoms with E-state index in [4.69, 9.17) is 4.42 Å². The summed E-state index contributed by atoms with van der Waals surface area (Å²) in [7, 11) is 0. The number of amides is 1. The third-order valence-corrected chi connectivity index (χ3v) is 3.80. The van der Waals surface area contributed by atoms with Gasteiger partial charge in [-0.15, -0.1) is 0 Å². The second kappa shape index (κ2) is 7.02. The molecule has 0 atom stereocenters. The monoisotopic (exact) mass is 345 g/mol. The summed E-state index contributed by atoms with van der Waals surface area (Å²) in [6.07, 6.45) is 4.65. The zero-order valence-electron chi connectivity index (χ0n) is 13.7. The van der Waals surface area contributed by atoms with Crippen LogP contribution >= 0.6 is 0 Å². The average molecular weight is 345 g/mol. The van der Waals surface area contributed by atoms with Gasteiger partial charge in [-0.3, -0.25) is 9.78 Å². The van der Waals surface area contributed by atoms with Gasteiger partial charge in [-0.2, -0.15) is 0 Å². The van der Waals surface area contributed by atoms with Gasteiger partial charge in [-0.25, -0.2) is 9.97 Å². The van der Waals surface area contributed by atoms with E-state index in [1.807, 2.05) is 30.3 Å². The molecule has 7 heteroatoms. The lowest BCUT2D eigenvalue weighted by atomic mass is 10.2. The highest BCUT2D eigenvalue weighted by Crippen LogP contribution is 2.23. The van der Waals surface area contributed by atoms with E-state index in [1.54, 1.807) is 30.7 Å². The first-order valence-electron chi connectivity index (χ1n) is 8.03. The fourth-order valence-corrected chi connectivity index (χ4v) is 2.56. The Morgan fingerprint density at radius 3 is 2.85 bits per heavy atom. The molecule has 4 aromatic rings. The van der Waals surface area contributed by atoms with E-state index in [0.29, 0.717) is 18.1 Å². The molecule has 128 valence electrons. The number of furan rings is 1. The smallest absolute Gasteiger partial charge is 0.270 e. The summed E-state index contributed by atoms with van der Waals surface area (Å²) in [5.41, 5.74) is 1.91. The van der Waals surface area contributed by atoms with Crippen LogP contribution in [0, 0.1) is 0 Å². The van der Waals surface area contributed by atoms with Gasteiger partial charge in [0.25, 0.3) is 5.91 Å². The highest BCUT2D eigenvalue weighted by Gasteiger charge is 2.10. The van der Waals surface area contributed by atoms with Crippen molar-refractivity contribution in [1.82, 2.24) is 20.3 Å². The van der Waals surface area contributed by atoms with Gasteiger partial charge in [-0.1, -0.05) is 18.2 Å². The fourth-order valence-electron chi connectivity index (χ4n) is 2.56. The van der Waals surface area contributed by atoms with Gasteiger partial charge < -0.3 is 15.1 Å². The standard InChI is InChI=1S/C19H15N5O2/c25-19(21-11-14-6-3-9-26-14)16-10-17(23-12-22-16)24-15-7-1-4-13-5-2-8-20-18(13)15/h1-10,12H,11H2,(H,21,25)(H,22,23,24). The quantitative estimate of drug-likeness (QED) is 0.576. The summed E-state index contributed by atoms with van der Waals surface area (Å²) >= 11 is 0. The molecule has 1 amide bonds. The van der Waals surface area contributed by atoms with Crippen molar-refractivity contribution in [3.63, 3.8) is 0 Å². The van der Waals surface area contributed by atoms with Crippen LogP contribution in [0.2, 0.25) is 0 Å². The predicted molar refractivity (Wildman–Crippen MR) is 96.9 cm³/mol. The SMILES string of the molecule is O=C(NCc1ccco1)c1cc(Nc2cccc3cccnc23)ncn1. The topological polar surface area (TPSA) is 92.9 Å². The van der Waals surface area contributed by atoms with E-state index in [0.717, 1.165) is 16.6 Å². The maximum atomic E-state index is 12.3. The van der Waals surface area contributed by atoms with E-state index < -0.39 is 0 Å². The van der Waals surface area contributed by atoms with Crippen molar-refractivity contribution in [3.8, 4) is 0 Å². The summed E-state index contributed by atoms with van der Waals surface area (Å²) in [6.45, 7) is 0.297. The summed E-state index contributed by atoms with van der Waals surface area (Å²) in [5.74, 6) is 0.886. The Kier molecular flexibility index (Phi) is 4.26. The predicted octanol–water partition coefficient (Wildman–Crippen LogP) is 3.29. The zero-order chi connectivity index (χ0) is 17.8. The van der Waals surface area contributed by atoms with Crippen molar-refractivity contribution in [2.45, 2.75) is 6.54 Å². The second-order valence-corrected chi connectivity index (χ2v) is 5.56. The lowest BCUT2D eigenvalue weighted by Crippen LogP contribution is -2.23. The Balaban J connectivity index is 1.53. The molecule has 0 radical (unpaired) electrons. The van der Waals surface area contributed by atoms with Crippen molar-refractivity contribution in [3.05, 3.63) is 78.8 Å². The molecule has 1 aromatic carbocycles. The maximum absolute atomic E-state index is 12.3. The number of anilines is 2. The first-order chi connectivity index (χ1) is 12.8. The van der Waals surface area contributed by atoms with Crippen LogP contribution in [-0.2, 0) is 6.54 Å². The number of carbonyl (C=O) groups is 1. The van der Waals surface area contributed by atoms with Crippen LogP contribution in [-0.4, -0.2) is 20.9 Å². The number of nitrogens with one attached hydrogen (secondary N) is 2. The molecule has 3 aromatic heterocycles. The Hall–Kier alpha value is -3.74. The molecule has 0 unspecified atom stereocenters. The Labute approximate surface area is 149 Å². The number of para-hydroxylation sites is 1. The minimum absolute atomic E-state index is 0.266. The van der Waals surface area contributed by atoms with Crippen molar-refractivity contribution >= 4 is 28.3 Å². The molecule has 0 aliphatic rings. The van der Waals surface area contributed by atoms with Crippen molar-refractivity contribution in [2.24, 2.45) is 0 Å². The molecule has 0 bridgehead atoms. The normalized spacial score (nSPS) is 10.6. The molecule has 0 spiro atoms. The Morgan fingerprint density at radius 1 is 1.04 bits per heavy atom.